The largest absolute Gasteiger partial charge is 0.330 e. The van der Waals surface area contributed by atoms with Crippen molar-refractivity contribution in [2.45, 2.75) is 52.0 Å². The van der Waals surface area contributed by atoms with E-state index >= 15 is 0 Å². The van der Waals surface area contributed by atoms with Crippen LogP contribution in [0.5, 0.6) is 0 Å². The third-order valence-corrected chi connectivity index (χ3v) is 7.57. The number of fused-ring (bicyclic) bond motifs is 1. The van der Waals surface area contributed by atoms with Gasteiger partial charge in [-0.3, -0.25) is 9.59 Å². The van der Waals surface area contributed by atoms with Crippen molar-refractivity contribution in [2.24, 2.45) is 0 Å². The average Bonchev–Trinajstić information content (AvgIpc) is 3.31. The Balaban J connectivity index is 1.61. The van der Waals surface area contributed by atoms with Gasteiger partial charge in [0.05, 0.1) is 6.04 Å². The van der Waals surface area contributed by atoms with Crippen LogP contribution in [-0.2, 0) is 16.6 Å². The molecule has 0 bridgehead atoms. The predicted octanol–water partition coefficient (Wildman–Crippen LogP) is 6.21. The van der Waals surface area contributed by atoms with E-state index in [2.05, 4.69) is 56.5 Å². The van der Waals surface area contributed by atoms with E-state index in [9.17, 15) is 14.0 Å². The molecule has 0 N–H and O–H groups in total. The molecule has 3 aromatic rings. The van der Waals surface area contributed by atoms with Crippen molar-refractivity contribution in [3.05, 3.63) is 92.9 Å². The fourth-order valence-corrected chi connectivity index (χ4v) is 5.57. The highest BCUT2D eigenvalue weighted by Crippen LogP contribution is 2.38. The summed E-state index contributed by atoms with van der Waals surface area (Å²) in [6.45, 7) is 9.63. The summed E-state index contributed by atoms with van der Waals surface area (Å²) in [5, 5.41) is 2.09. The lowest BCUT2D eigenvalue weighted by Gasteiger charge is -2.38. The quantitative estimate of drug-likeness (QED) is 0.410. The zero-order chi connectivity index (χ0) is 25.2. The normalized spacial score (nSPS) is 15.6. The van der Waals surface area contributed by atoms with Crippen LogP contribution in [0.15, 0.2) is 60.0 Å². The molecular formula is C29H33FN2O2S. The number of hydrogen-bond donors (Lipinski definition) is 0. The summed E-state index contributed by atoms with van der Waals surface area (Å²) in [5.74, 6) is -0.713. The van der Waals surface area contributed by atoms with Gasteiger partial charge < -0.3 is 9.80 Å². The molecule has 0 fully saturated rings. The van der Waals surface area contributed by atoms with Crippen molar-refractivity contribution < 1.29 is 14.0 Å². The van der Waals surface area contributed by atoms with Crippen LogP contribution in [0.1, 0.15) is 72.1 Å². The highest BCUT2D eigenvalue weighted by Gasteiger charge is 2.34. The van der Waals surface area contributed by atoms with Crippen LogP contribution < -0.4 is 0 Å². The zero-order valence-corrected chi connectivity index (χ0v) is 21.7. The van der Waals surface area contributed by atoms with Crippen LogP contribution >= 0.6 is 11.3 Å². The topological polar surface area (TPSA) is 40.6 Å². The van der Waals surface area contributed by atoms with Gasteiger partial charge in [0.25, 0.3) is 5.91 Å². The Hall–Kier alpha value is -2.99. The van der Waals surface area contributed by atoms with Gasteiger partial charge in [0, 0.05) is 23.5 Å². The van der Waals surface area contributed by atoms with Crippen molar-refractivity contribution in [1.82, 2.24) is 9.80 Å². The number of carbonyl (C=O) groups excluding carboxylic acids is 2. The lowest BCUT2D eigenvalue weighted by Crippen LogP contribution is -2.47. The van der Waals surface area contributed by atoms with E-state index in [1.54, 1.807) is 16.2 Å². The van der Waals surface area contributed by atoms with Gasteiger partial charge in [-0.15, -0.1) is 11.3 Å². The molecule has 2 heterocycles. The molecule has 0 aliphatic carbocycles. The van der Waals surface area contributed by atoms with Gasteiger partial charge >= 0.3 is 0 Å². The lowest BCUT2D eigenvalue weighted by molar-refractivity contribution is -0.134. The number of carbonyl (C=O) groups is 2. The molecule has 1 aliphatic heterocycles. The smallest absolute Gasteiger partial charge is 0.254 e. The molecule has 35 heavy (non-hydrogen) atoms. The van der Waals surface area contributed by atoms with E-state index in [-0.39, 0.29) is 35.6 Å². The Morgan fingerprint density at radius 3 is 2.37 bits per heavy atom. The summed E-state index contributed by atoms with van der Waals surface area (Å²) in [6, 6.07) is 16.0. The fourth-order valence-electron chi connectivity index (χ4n) is 4.66. The first-order valence-electron chi connectivity index (χ1n) is 12.2. The van der Waals surface area contributed by atoms with Crippen LogP contribution in [0.4, 0.5) is 4.39 Å². The third kappa shape index (κ3) is 5.48. The monoisotopic (exact) mass is 492 g/mol. The summed E-state index contributed by atoms with van der Waals surface area (Å²) in [7, 11) is 0. The maximum atomic E-state index is 13.7. The highest BCUT2D eigenvalue weighted by atomic mass is 32.1. The SMILES string of the molecule is CCCN(CC(=O)N1CCc2sccc2C1c1ccc(C(C)(C)C)cc1)C(=O)c1ccc(F)cc1. The first kappa shape index (κ1) is 25.1. The minimum atomic E-state index is -0.389. The van der Waals surface area contributed by atoms with Gasteiger partial charge in [0.2, 0.25) is 5.91 Å². The van der Waals surface area contributed by atoms with Gasteiger partial charge in [0.1, 0.15) is 12.4 Å². The number of rotatable bonds is 6. The number of hydrogen-bond acceptors (Lipinski definition) is 3. The molecule has 0 spiro atoms. The Bertz CT molecular complexity index is 1180. The predicted molar refractivity (Wildman–Crippen MR) is 139 cm³/mol. The van der Waals surface area contributed by atoms with Crippen molar-refractivity contribution in [2.75, 3.05) is 19.6 Å². The van der Waals surface area contributed by atoms with Gasteiger partial charge in [0.15, 0.2) is 0 Å². The van der Waals surface area contributed by atoms with Crippen LogP contribution in [0.3, 0.4) is 0 Å². The van der Waals surface area contributed by atoms with Crippen molar-refractivity contribution >= 4 is 23.2 Å². The maximum absolute atomic E-state index is 13.7. The minimum absolute atomic E-state index is 0.0000942. The molecule has 4 rings (SSSR count). The minimum Gasteiger partial charge on any atom is -0.330 e. The number of halogens is 1. The van der Waals surface area contributed by atoms with E-state index < -0.39 is 0 Å². The molecule has 4 nitrogen and oxygen atoms in total. The second-order valence-electron chi connectivity index (χ2n) is 10.1. The van der Waals surface area contributed by atoms with Gasteiger partial charge in [-0.2, -0.15) is 0 Å². The molecule has 0 saturated heterocycles. The highest BCUT2D eigenvalue weighted by molar-refractivity contribution is 7.10. The summed E-state index contributed by atoms with van der Waals surface area (Å²) in [6.07, 6.45) is 1.54. The first-order chi connectivity index (χ1) is 16.7. The molecule has 6 heteroatoms. The van der Waals surface area contributed by atoms with Crippen molar-refractivity contribution in [3.8, 4) is 0 Å². The van der Waals surface area contributed by atoms with Crippen LogP contribution in [0.25, 0.3) is 0 Å². The van der Waals surface area contributed by atoms with Gasteiger partial charge in [-0.05, 0) is 70.7 Å². The lowest BCUT2D eigenvalue weighted by atomic mass is 9.85. The van der Waals surface area contributed by atoms with Crippen LogP contribution in [0, 0.1) is 5.82 Å². The van der Waals surface area contributed by atoms with E-state index in [0.29, 0.717) is 18.7 Å². The van der Waals surface area contributed by atoms with Crippen molar-refractivity contribution in [3.63, 3.8) is 0 Å². The summed E-state index contributed by atoms with van der Waals surface area (Å²) >= 11 is 1.74. The standard InChI is InChI=1S/C29H33FN2O2S/c1-5-16-31(28(34)21-8-12-23(30)13-9-21)19-26(33)32-17-14-25-24(15-18-35-25)27(32)20-6-10-22(11-7-20)29(2,3)4/h6-13,15,18,27H,5,14,16-17,19H2,1-4H3. The van der Waals surface area contributed by atoms with E-state index in [1.165, 1.54) is 40.3 Å². The molecule has 1 aromatic heterocycles. The molecule has 1 atom stereocenters. The van der Waals surface area contributed by atoms with E-state index in [0.717, 1.165) is 18.4 Å². The Morgan fingerprint density at radius 2 is 1.74 bits per heavy atom. The van der Waals surface area contributed by atoms with Gasteiger partial charge in [-0.25, -0.2) is 4.39 Å². The molecule has 1 aliphatic rings. The third-order valence-electron chi connectivity index (χ3n) is 6.58. The summed E-state index contributed by atoms with van der Waals surface area (Å²) < 4.78 is 13.4. The second-order valence-corrected chi connectivity index (χ2v) is 11.1. The number of amides is 2. The second kappa shape index (κ2) is 10.3. The summed E-state index contributed by atoms with van der Waals surface area (Å²) in [5.41, 5.74) is 3.94. The molecular weight excluding hydrogens is 459 g/mol. The zero-order valence-electron chi connectivity index (χ0n) is 20.9. The number of nitrogens with zero attached hydrogens (tertiary/aromatic N) is 2. The molecule has 2 aromatic carbocycles. The Labute approximate surface area is 211 Å². The van der Waals surface area contributed by atoms with Crippen LogP contribution in [0.2, 0.25) is 0 Å². The molecule has 0 radical (unpaired) electrons. The van der Waals surface area contributed by atoms with E-state index in [1.807, 2.05) is 11.8 Å². The van der Waals surface area contributed by atoms with Gasteiger partial charge in [-0.1, -0.05) is 52.0 Å². The first-order valence-corrected chi connectivity index (χ1v) is 13.1. The molecule has 2 amide bonds. The Morgan fingerprint density at radius 1 is 1.06 bits per heavy atom. The maximum Gasteiger partial charge on any atom is 0.254 e. The molecule has 1 unspecified atom stereocenters. The summed E-state index contributed by atoms with van der Waals surface area (Å²) in [4.78, 5) is 31.6. The average molecular weight is 493 g/mol. The number of benzene rings is 2. The van der Waals surface area contributed by atoms with Crippen LogP contribution in [-0.4, -0.2) is 41.2 Å². The van der Waals surface area contributed by atoms with Crippen molar-refractivity contribution in [1.29, 1.82) is 0 Å². The number of thiophene rings is 1. The molecule has 0 saturated carbocycles. The molecule has 184 valence electrons. The Kier molecular flexibility index (Phi) is 7.41. The van der Waals surface area contributed by atoms with E-state index in [4.69, 9.17) is 0 Å². The fraction of sp³-hybridized carbons (Fsp3) is 0.379.